The third-order valence-corrected chi connectivity index (χ3v) is 4.13. The Morgan fingerprint density at radius 3 is 2.56 bits per heavy atom. The molecule has 1 aliphatic rings. The van der Waals surface area contributed by atoms with E-state index in [2.05, 4.69) is 20.0 Å². The van der Waals surface area contributed by atoms with Crippen LogP contribution in [0.25, 0.3) is 22.4 Å². The van der Waals surface area contributed by atoms with Crippen LogP contribution in [-0.2, 0) is 4.79 Å². The van der Waals surface area contributed by atoms with Crippen LogP contribution in [-0.4, -0.2) is 41.0 Å². The smallest absolute Gasteiger partial charge is 0.267 e. The molecular formula is C19H16N4O2. The molecule has 2 heterocycles. The normalized spacial score (nSPS) is 14.4. The van der Waals surface area contributed by atoms with Gasteiger partial charge in [-0.25, -0.2) is 9.98 Å². The second kappa shape index (κ2) is 5.98. The molecule has 0 saturated carbocycles. The summed E-state index contributed by atoms with van der Waals surface area (Å²) in [5.41, 5.74) is 5.07. The standard InChI is InChI=1S/C19H16N4O2/c1-11-18(20-10-17(24)21-11)13-5-8-15-16(9-13)23-19(22-15)12-3-6-14(25-2)7-4-12/h3-9H,10H2,1-2H3,(H,22,23). The maximum atomic E-state index is 11.3. The topological polar surface area (TPSA) is 79.7 Å². The highest BCUT2D eigenvalue weighted by molar-refractivity contribution is 6.49. The number of carbonyl (C=O) groups is 1. The maximum Gasteiger partial charge on any atom is 0.267 e. The van der Waals surface area contributed by atoms with Crippen molar-refractivity contribution in [3.8, 4) is 17.1 Å². The van der Waals surface area contributed by atoms with E-state index in [9.17, 15) is 4.79 Å². The van der Waals surface area contributed by atoms with Gasteiger partial charge in [0, 0.05) is 11.1 Å². The molecule has 1 amide bonds. The molecule has 2 aromatic carbocycles. The molecular weight excluding hydrogens is 316 g/mol. The number of rotatable bonds is 3. The molecule has 1 aliphatic heterocycles. The van der Waals surface area contributed by atoms with Crippen molar-refractivity contribution in [2.45, 2.75) is 6.92 Å². The van der Waals surface area contributed by atoms with Gasteiger partial charge >= 0.3 is 0 Å². The van der Waals surface area contributed by atoms with Gasteiger partial charge in [0.2, 0.25) is 0 Å². The number of aromatic nitrogens is 2. The number of methoxy groups -OCH3 is 1. The Morgan fingerprint density at radius 2 is 1.84 bits per heavy atom. The van der Waals surface area contributed by atoms with E-state index in [1.54, 1.807) is 14.0 Å². The Kier molecular flexibility index (Phi) is 3.65. The number of nitrogens with zero attached hydrogens (tertiary/aromatic N) is 3. The van der Waals surface area contributed by atoms with Gasteiger partial charge in [-0.05, 0) is 43.3 Å². The first kappa shape index (κ1) is 15.3. The number of nitrogens with one attached hydrogen (secondary N) is 1. The van der Waals surface area contributed by atoms with Crippen LogP contribution in [0.4, 0.5) is 0 Å². The molecule has 0 bridgehead atoms. The molecule has 124 valence electrons. The number of aliphatic imine (C=N–C) groups is 2. The summed E-state index contributed by atoms with van der Waals surface area (Å²) in [6.45, 7) is 1.90. The predicted octanol–water partition coefficient (Wildman–Crippen LogP) is 3.03. The molecule has 6 nitrogen and oxygen atoms in total. The first-order valence-corrected chi connectivity index (χ1v) is 7.91. The third kappa shape index (κ3) is 2.82. The van der Waals surface area contributed by atoms with Crippen LogP contribution in [0, 0.1) is 0 Å². The largest absolute Gasteiger partial charge is 0.497 e. The zero-order chi connectivity index (χ0) is 17.4. The highest BCUT2D eigenvalue weighted by Crippen LogP contribution is 2.24. The van der Waals surface area contributed by atoms with Gasteiger partial charge in [0.05, 0.1) is 29.6 Å². The summed E-state index contributed by atoms with van der Waals surface area (Å²) < 4.78 is 5.19. The van der Waals surface area contributed by atoms with E-state index >= 15 is 0 Å². The fraction of sp³-hybridized carbons (Fsp3) is 0.158. The van der Waals surface area contributed by atoms with Crippen LogP contribution < -0.4 is 4.74 Å². The first-order valence-electron chi connectivity index (χ1n) is 7.91. The lowest BCUT2D eigenvalue weighted by Gasteiger charge is -2.10. The van der Waals surface area contributed by atoms with Gasteiger partial charge in [-0.1, -0.05) is 6.07 Å². The minimum Gasteiger partial charge on any atom is -0.497 e. The molecule has 0 fully saturated rings. The van der Waals surface area contributed by atoms with Crippen molar-refractivity contribution in [3.05, 3.63) is 48.0 Å². The van der Waals surface area contributed by atoms with Gasteiger partial charge in [0.1, 0.15) is 18.1 Å². The van der Waals surface area contributed by atoms with Gasteiger partial charge in [-0.3, -0.25) is 9.79 Å². The number of amides is 1. The average Bonchev–Trinajstić information content (AvgIpc) is 3.05. The number of hydrogen-bond donors (Lipinski definition) is 1. The SMILES string of the molecule is COc1ccc(-c2nc3cc(C4=NCC(=O)N=C4C)ccc3[nH]2)cc1. The van der Waals surface area contributed by atoms with Gasteiger partial charge in [0.25, 0.3) is 5.91 Å². The highest BCUT2D eigenvalue weighted by Gasteiger charge is 2.16. The Hall–Kier alpha value is -3.28. The van der Waals surface area contributed by atoms with E-state index in [4.69, 9.17) is 4.74 Å². The summed E-state index contributed by atoms with van der Waals surface area (Å²) >= 11 is 0. The Bertz CT molecular complexity index is 1030. The number of benzene rings is 2. The Balaban J connectivity index is 1.72. The molecule has 0 atom stereocenters. The van der Waals surface area contributed by atoms with E-state index in [1.165, 1.54) is 0 Å². The highest BCUT2D eigenvalue weighted by atomic mass is 16.5. The molecule has 1 N–H and O–H groups in total. The van der Waals surface area contributed by atoms with Gasteiger partial charge in [0.15, 0.2) is 0 Å². The fourth-order valence-corrected chi connectivity index (χ4v) is 2.88. The maximum absolute atomic E-state index is 11.3. The van der Waals surface area contributed by atoms with E-state index in [0.717, 1.165) is 39.4 Å². The molecule has 4 rings (SSSR count). The van der Waals surface area contributed by atoms with E-state index in [-0.39, 0.29) is 12.5 Å². The molecule has 3 aromatic rings. The molecule has 1 aromatic heterocycles. The average molecular weight is 332 g/mol. The number of fused-ring (bicyclic) bond motifs is 1. The van der Waals surface area contributed by atoms with Gasteiger partial charge < -0.3 is 9.72 Å². The minimum atomic E-state index is -0.205. The lowest BCUT2D eigenvalue weighted by atomic mass is 10.0. The fourth-order valence-electron chi connectivity index (χ4n) is 2.88. The van der Waals surface area contributed by atoms with Crippen molar-refractivity contribution < 1.29 is 9.53 Å². The molecule has 0 saturated heterocycles. The zero-order valence-electron chi connectivity index (χ0n) is 13.9. The lowest BCUT2D eigenvalue weighted by Crippen LogP contribution is -2.21. The third-order valence-electron chi connectivity index (χ3n) is 4.13. The summed E-state index contributed by atoms with van der Waals surface area (Å²) in [6, 6.07) is 13.6. The van der Waals surface area contributed by atoms with Gasteiger partial charge in [-0.2, -0.15) is 0 Å². The van der Waals surface area contributed by atoms with Crippen LogP contribution >= 0.6 is 0 Å². The number of aromatic amines is 1. The second-order valence-electron chi connectivity index (χ2n) is 5.80. The monoisotopic (exact) mass is 332 g/mol. The number of carbonyl (C=O) groups excluding carboxylic acids is 1. The van der Waals surface area contributed by atoms with Gasteiger partial charge in [-0.15, -0.1) is 0 Å². The number of H-pyrrole nitrogens is 1. The molecule has 25 heavy (non-hydrogen) atoms. The molecule has 0 unspecified atom stereocenters. The van der Waals surface area contributed by atoms with Crippen LogP contribution in [0.15, 0.2) is 52.4 Å². The zero-order valence-corrected chi connectivity index (χ0v) is 13.9. The van der Waals surface area contributed by atoms with Crippen LogP contribution in [0.3, 0.4) is 0 Å². The number of hydrogen-bond acceptors (Lipinski definition) is 4. The van der Waals surface area contributed by atoms with Crippen molar-refractivity contribution in [2.24, 2.45) is 9.98 Å². The lowest BCUT2D eigenvalue weighted by molar-refractivity contribution is -0.116. The number of ether oxygens (including phenoxy) is 1. The molecule has 0 aliphatic carbocycles. The van der Waals surface area contributed by atoms with E-state index < -0.39 is 0 Å². The van der Waals surface area contributed by atoms with Crippen molar-refractivity contribution >= 4 is 28.4 Å². The summed E-state index contributed by atoms with van der Waals surface area (Å²) in [5.74, 6) is 1.40. The minimum absolute atomic E-state index is 0.0996. The second-order valence-corrected chi connectivity index (χ2v) is 5.80. The molecule has 6 heteroatoms. The summed E-state index contributed by atoms with van der Waals surface area (Å²) in [6.07, 6.45) is 0. The predicted molar refractivity (Wildman–Crippen MR) is 97.6 cm³/mol. The summed E-state index contributed by atoms with van der Waals surface area (Å²) in [4.78, 5) is 27.7. The summed E-state index contributed by atoms with van der Waals surface area (Å²) in [5, 5.41) is 0. The van der Waals surface area contributed by atoms with Crippen LogP contribution in [0.1, 0.15) is 12.5 Å². The molecule has 0 radical (unpaired) electrons. The van der Waals surface area contributed by atoms with Crippen molar-refractivity contribution in [1.29, 1.82) is 0 Å². The Morgan fingerprint density at radius 1 is 1.08 bits per heavy atom. The van der Waals surface area contributed by atoms with Crippen molar-refractivity contribution in [3.63, 3.8) is 0 Å². The first-order chi connectivity index (χ1) is 12.1. The molecule has 0 spiro atoms. The van der Waals surface area contributed by atoms with Crippen LogP contribution in [0.5, 0.6) is 5.75 Å². The Labute approximate surface area is 144 Å². The van der Waals surface area contributed by atoms with Crippen molar-refractivity contribution in [2.75, 3.05) is 13.7 Å². The van der Waals surface area contributed by atoms with E-state index in [1.807, 2.05) is 42.5 Å². The van der Waals surface area contributed by atoms with E-state index in [0.29, 0.717) is 5.71 Å². The summed E-state index contributed by atoms with van der Waals surface area (Å²) in [7, 11) is 1.64. The quantitative estimate of drug-likeness (QED) is 0.800. The van der Waals surface area contributed by atoms with Crippen LogP contribution in [0.2, 0.25) is 0 Å². The number of imidazole rings is 1. The van der Waals surface area contributed by atoms with Crippen molar-refractivity contribution in [1.82, 2.24) is 9.97 Å².